The molecule has 6 rings (SSSR count). The van der Waals surface area contributed by atoms with Crippen LogP contribution in [0.4, 0.5) is 0 Å². The third-order valence-electron chi connectivity index (χ3n) is 15.2. The zero-order valence-electron chi connectivity index (χ0n) is 28.0. The second-order valence-corrected chi connectivity index (χ2v) is 17.1. The van der Waals surface area contributed by atoms with E-state index in [1.807, 2.05) is 0 Å². The minimum Gasteiger partial charge on any atom is -0.504 e. The van der Waals surface area contributed by atoms with Gasteiger partial charge < -0.3 is 20.1 Å². The number of allylic oxidation sites excluding steroid dienone is 1. The van der Waals surface area contributed by atoms with E-state index in [0.717, 1.165) is 32.1 Å². The van der Waals surface area contributed by atoms with E-state index in [4.69, 9.17) is 4.74 Å². The highest BCUT2D eigenvalue weighted by atomic mass is 16.5. The molecule has 5 fully saturated rings. The number of esters is 1. The first-order valence-corrected chi connectivity index (χ1v) is 17.3. The number of phenols is 2. The molecule has 5 aliphatic rings. The Balaban J connectivity index is 1.22. The molecule has 5 unspecified atom stereocenters. The van der Waals surface area contributed by atoms with Crippen molar-refractivity contribution in [1.82, 2.24) is 0 Å². The molecule has 5 nitrogen and oxygen atoms in total. The third-order valence-corrected chi connectivity index (χ3v) is 15.2. The van der Waals surface area contributed by atoms with Crippen LogP contribution in [0.1, 0.15) is 111 Å². The fourth-order valence-electron chi connectivity index (χ4n) is 12.7. The second kappa shape index (κ2) is 10.6. The van der Waals surface area contributed by atoms with Crippen LogP contribution in [0, 0.1) is 56.7 Å². The maximum absolute atomic E-state index is 13.0. The predicted octanol–water partition coefficient (Wildman–Crippen LogP) is 8.67. The van der Waals surface area contributed by atoms with Crippen LogP contribution in [-0.4, -0.2) is 34.0 Å². The van der Waals surface area contributed by atoms with Gasteiger partial charge in [-0.2, -0.15) is 0 Å². The lowest BCUT2D eigenvalue weighted by Gasteiger charge is -2.73. The summed E-state index contributed by atoms with van der Waals surface area (Å²) in [5.41, 5.74) is 2.61. The molecule has 5 aliphatic carbocycles. The van der Waals surface area contributed by atoms with Crippen LogP contribution >= 0.6 is 0 Å². The number of phenolic OH excluding ortho intramolecular Hbond substituents is 2. The molecule has 1 aromatic rings. The van der Waals surface area contributed by atoms with E-state index < -0.39 is 0 Å². The molecule has 1 aromatic carbocycles. The lowest BCUT2D eigenvalue weighted by Crippen LogP contribution is -2.67. The van der Waals surface area contributed by atoms with Crippen LogP contribution in [0.25, 0.3) is 6.08 Å². The molecule has 44 heavy (non-hydrogen) atoms. The number of benzene rings is 1. The molecule has 0 bridgehead atoms. The summed E-state index contributed by atoms with van der Waals surface area (Å²) in [5.74, 6) is 2.10. The summed E-state index contributed by atoms with van der Waals surface area (Å²) in [5, 5.41) is 30.2. The Morgan fingerprint density at radius 3 is 2.34 bits per heavy atom. The van der Waals surface area contributed by atoms with Gasteiger partial charge in [0.05, 0.1) is 0 Å². The van der Waals surface area contributed by atoms with E-state index in [1.165, 1.54) is 55.9 Å². The summed E-state index contributed by atoms with van der Waals surface area (Å²) in [6, 6.07) is 4.51. The van der Waals surface area contributed by atoms with Gasteiger partial charge in [-0.25, -0.2) is 4.79 Å². The van der Waals surface area contributed by atoms with Crippen LogP contribution in [0.2, 0.25) is 0 Å². The summed E-state index contributed by atoms with van der Waals surface area (Å²) in [6.07, 6.45) is 14.5. The Kier molecular flexibility index (Phi) is 7.67. The topological polar surface area (TPSA) is 87.0 Å². The highest BCUT2D eigenvalue weighted by Crippen LogP contribution is 2.77. The van der Waals surface area contributed by atoms with Gasteiger partial charge in [0.1, 0.15) is 6.10 Å². The van der Waals surface area contributed by atoms with Gasteiger partial charge in [-0.15, -0.1) is 0 Å². The first-order chi connectivity index (χ1) is 20.6. The molecule has 0 aromatic heterocycles. The summed E-state index contributed by atoms with van der Waals surface area (Å²) < 4.78 is 6.18. The quantitative estimate of drug-likeness (QED) is 0.135. The van der Waals surface area contributed by atoms with Gasteiger partial charge in [-0.1, -0.05) is 52.8 Å². The SMILES string of the molecule is C=C(C)C1CC[C@]2(CO)CC[C@]3(C)C(CCC4[C@@]5(C)CC[C@H](OC(=O)/C=C/c6ccc(O)c(O)c6)C(C)(C)C5CC[C@]43C)C12. The normalized spacial score (nSPS) is 44.2. The monoisotopic (exact) mass is 604 g/mol. The molecule has 5 heteroatoms. The maximum atomic E-state index is 13.0. The number of ether oxygens (including phenoxy) is 1. The Hall–Kier alpha value is -2.27. The number of aliphatic hydroxyl groups is 1. The summed E-state index contributed by atoms with van der Waals surface area (Å²) >= 11 is 0. The molecule has 3 N–H and O–H groups in total. The molecule has 0 amide bonds. The Morgan fingerprint density at radius 2 is 1.66 bits per heavy atom. The number of hydrogen-bond donors (Lipinski definition) is 3. The zero-order valence-corrected chi connectivity index (χ0v) is 28.0. The van der Waals surface area contributed by atoms with Gasteiger partial charge in [-0.05, 0) is 146 Å². The molecule has 0 heterocycles. The molecule has 10 atom stereocenters. The van der Waals surface area contributed by atoms with Crippen LogP contribution in [0.15, 0.2) is 36.4 Å². The predicted molar refractivity (Wildman–Crippen MR) is 175 cm³/mol. The number of carbonyl (C=O) groups is 1. The average Bonchev–Trinajstić information content (AvgIpc) is 3.36. The third kappa shape index (κ3) is 4.45. The van der Waals surface area contributed by atoms with Crippen LogP contribution < -0.4 is 0 Å². The molecule has 0 saturated heterocycles. The first kappa shape index (κ1) is 31.7. The molecule has 0 aliphatic heterocycles. The van der Waals surface area contributed by atoms with E-state index in [0.29, 0.717) is 41.8 Å². The number of carbonyl (C=O) groups excluding carboxylic acids is 1. The number of aromatic hydroxyl groups is 2. The van der Waals surface area contributed by atoms with Crippen molar-refractivity contribution in [3.8, 4) is 11.5 Å². The van der Waals surface area contributed by atoms with Gasteiger partial charge in [0.2, 0.25) is 0 Å². The minimum atomic E-state index is -0.355. The van der Waals surface area contributed by atoms with E-state index in [-0.39, 0.29) is 50.6 Å². The average molecular weight is 605 g/mol. The van der Waals surface area contributed by atoms with Gasteiger partial charge >= 0.3 is 5.97 Å². The Labute approximate surface area is 265 Å². The lowest BCUT2D eigenvalue weighted by molar-refractivity contribution is -0.251. The molecule has 0 spiro atoms. The van der Waals surface area contributed by atoms with E-state index in [2.05, 4.69) is 48.1 Å². The van der Waals surface area contributed by atoms with Crippen LogP contribution in [0.3, 0.4) is 0 Å². The molecule has 0 radical (unpaired) electrons. The smallest absolute Gasteiger partial charge is 0.331 e. The van der Waals surface area contributed by atoms with Crippen molar-refractivity contribution in [3.05, 3.63) is 42.0 Å². The van der Waals surface area contributed by atoms with Crippen LogP contribution in [-0.2, 0) is 9.53 Å². The Morgan fingerprint density at radius 1 is 0.909 bits per heavy atom. The van der Waals surface area contributed by atoms with Crippen molar-refractivity contribution < 1.29 is 24.9 Å². The van der Waals surface area contributed by atoms with E-state index in [9.17, 15) is 20.1 Å². The van der Waals surface area contributed by atoms with Gasteiger partial charge in [-0.3, -0.25) is 0 Å². The van der Waals surface area contributed by atoms with Crippen molar-refractivity contribution in [2.75, 3.05) is 6.61 Å². The first-order valence-electron chi connectivity index (χ1n) is 17.3. The molecule has 242 valence electrons. The highest BCUT2D eigenvalue weighted by Gasteiger charge is 2.71. The maximum Gasteiger partial charge on any atom is 0.331 e. The largest absolute Gasteiger partial charge is 0.504 e. The fourth-order valence-corrected chi connectivity index (χ4v) is 12.7. The summed E-state index contributed by atoms with van der Waals surface area (Å²) in [6.45, 7) is 19.5. The van der Waals surface area contributed by atoms with Crippen molar-refractivity contribution >= 4 is 12.0 Å². The number of aliphatic hydroxyl groups excluding tert-OH is 1. The van der Waals surface area contributed by atoms with Gasteiger partial charge in [0.25, 0.3) is 0 Å². The van der Waals surface area contributed by atoms with Crippen LogP contribution in [0.5, 0.6) is 11.5 Å². The standard InChI is InChI=1S/C39H56O5/c1-24(2)26-14-19-39(23-40)21-20-37(6)27(34(26)39)10-12-31-36(5)17-16-32(35(3,4)30(36)15-18-38(31,37)7)44-33(43)13-9-25-8-11-28(41)29(42)22-25/h8-9,11,13,22,26-27,30-32,34,40-42H,1,10,12,14-21,23H2,2-7H3/b13-9+/t26?,27?,30?,31?,32-,34?,36-,37+,38+,39+/m0/s1. The minimum absolute atomic E-state index is 0.0825. The molecule has 5 saturated carbocycles. The van der Waals surface area contributed by atoms with Crippen molar-refractivity contribution in [2.45, 2.75) is 112 Å². The highest BCUT2D eigenvalue weighted by molar-refractivity contribution is 5.87. The number of hydrogen-bond acceptors (Lipinski definition) is 5. The fraction of sp³-hybridized carbons (Fsp3) is 0.718. The summed E-state index contributed by atoms with van der Waals surface area (Å²) in [7, 11) is 0. The molecular weight excluding hydrogens is 548 g/mol. The number of rotatable bonds is 5. The van der Waals surface area contributed by atoms with Gasteiger partial charge in [0, 0.05) is 18.1 Å². The zero-order chi connectivity index (χ0) is 31.9. The van der Waals surface area contributed by atoms with Gasteiger partial charge in [0.15, 0.2) is 11.5 Å². The summed E-state index contributed by atoms with van der Waals surface area (Å²) in [4.78, 5) is 13.0. The number of fused-ring (bicyclic) bond motifs is 7. The van der Waals surface area contributed by atoms with E-state index >= 15 is 0 Å². The second-order valence-electron chi connectivity index (χ2n) is 17.1. The van der Waals surface area contributed by atoms with Crippen molar-refractivity contribution in [3.63, 3.8) is 0 Å². The Bertz CT molecular complexity index is 1350. The lowest BCUT2D eigenvalue weighted by atomic mass is 9.32. The van der Waals surface area contributed by atoms with Crippen molar-refractivity contribution in [1.29, 1.82) is 0 Å². The van der Waals surface area contributed by atoms with Crippen molar-refractivity contribution in [2.24, 2.45) is 56.7 Å². The van der Waals surface area contributed by atoms with E-state index in [1.54, 1.807) is 12.1 Å². The molecular formula is C39H56O5.